The fraction of sp³-hybridized carbons (Fsp3) is 0.684. The number of hydrogen-bond donors (Lipinski definition) is 5. The summed E-state index contributed by atoms with van der Waals surface area (Å²) >= 11 is 0. The highest BCUT2D eigenvalue weighted by molar-refractivity contribution is 7.92. The van der Waals surface area contributed by atoms with Gasteiger partial charge in [0.05, 0.1) is 35.6 Å². The summed E-state index contributed by atoms with van der Waals surface area (Å²) in [6.07, 6.45) is 8.41. The van der Waals surface area contributed by atoms with Crippen molar-refractivity contribution in [1.82, 2.24) is 20.6 Å². The van der Waals surface area contributed by atoms with Gasteiger partial charge in [-0.25, -0.2) is 13.4 Å². The number of nitrogens with one attached hydrogen (secondary N) is 3. The number of nitrogens with zero attached hydrogens (tertiary/aromatic N) is 1. The van der Waals surface area contributed by atoms with E-state index in [1.807, 2.05) is 6.07 Å². The quantitative estimate of drug-likeness (QED) is 0.143. The summed E-state index contributed by atoms with van der Waals surface area (Å²) in [5, 5.41) is 28.0. The van der Waals surface area contributed by atoms with Crippen molar-refractivity contribution in [2.75, 3.05) is 12.4 Å². The van der Waals surface area contributed by atoms with Crippen molar-refractivity contribution in [2.45, 2.75) is 128 Å². The molecule has 0 unspecified atom stereocenters. The minimum atomic E-state index is -4.05. The van der Waals surface area contributed by atoms with Crippen molar-refractivity contribution in [1.29, 1.82) is 0 Å². The number of esters is 1. The van der Waals surface area contributed by atoms with E-state index >= 15 is 0 Å². The summed E-state index contributed by atoms with van der Waals surface area (Å²) in [4.78, 5) is 47.8. The van der Waals surface area contributed by atoms with Crippen molar-refractivity contribution in [3.63, 3.8) is 0 Å². The minimum absolute atomic E-state index is 0.00632. The van der Waals surface area contributed by atoms with Gasteiger partial charge in [0.1, 0.15) is 23.5 Å². The Balaban J connectivity index is 1.57. The van der Waals surface area contributed by atoms with E-state index in [9.17, 15) is 33.0 Å². The summed E-state index contributed by atoms with van der Waals surface area (Å²) in [5.74, 6) is -3.07. The molecule has 4 rings (SSSR count). The molecule has 1 aromatic carbocycles. The lowest BCUT2D eigenvalue weighted by Gasteiger charge is -2.33. The second-order valence-electron chi connectivity index (χ2n) is 16.3. The van der Waals surface area contributed by atoms with Gasteiger partial charge in [-0.3, -0.25) is 14.4 Å². The van der Waals surface area contributed by atoms with E-state index < -0.39 is 73.7 Å². The molecule has 2 aliphatic rings. The van der Waals surface area contributed by atoms with Gasteiger partial charge in [0, 0.05) is 18.3 Å². The van der Waals surface area contributed by atoms with Crippen LogP contribution in [0.2, 0.25) is 0 Å². The molecule has 1 heterocycles. The van der Waals surface area contributed by atoms with Crippen molar-refractivity contribution in [2.24, 2.45) is 23.2 Å². The fourth-order valence-electron chi connectivity index (χ4n) is 6.58. The highest BCUT2D eigenvalue weighted by Crippen LogP contribution is 2.36. The number of aromatic amines is 1. The monoisotopic (exact) mass is 730 g/mol. The smallest absolute Gasteiger partial charge is 0.311 e. The second-order valence-corrected chi connectivity index (χ2v) is 18.9. The number of aliphatic hydroxyl groups is 2. The first kappa shape index (κ1) is 40.5. The van der Waals surface area contributed by atoms with Crippen LogP contribution in [0.4, 0.5) is 0 Å². The predicted octanol–water partition coefficient (Wildman–Crippen LogP) is 3.67. The number of aromatic nitrogens is 2. The van der Waals surface area contributed by atoms with E-state index in [1.165, 1.54) is 20.2 Å². The average molecular weight is 731 g/mol. The van der Waals surface area contributed by atoms with Gasteiger partial charge in [-0.2, -0.15) is 0 Å². The number of sulfone groups is 1. The lowest BCUT2D eigenvalue weighted by Crippen LogP contribution is -2.57. The number of imidazole rings is 1. The maximum Gasteiger partial charge on any atom is 0.311 e. The van der Waals surface area contributed by atoms with E-state index in [0.29, 0.717) is 12.1 Å². The van der Waals surface area contributed by atoms with Crippen molar-refractivity contribution < 1.29 is 37.8 Å². The summed E-state index contributed by atoms with van der Waals surface area (Å²) in [6, 6.07) is 7.17. The van der Waals surface area contributed by atoms with Crippen LogP contribution in [-0.2, 0) is 41.8 Å². The normalized spacial score (nSPS) is 19.0. The number of aliphatic hydroxyl groups excluding tert-OH is 2. The fourth-order valence-corrected chi connectivity index (χ4v) is 8.07. The van der Waals surface area contributed by atoms with Gasteiger partial charge in [-0.05, 0) is 77.7 Å². The van der Waals surface area contributed by atoms with Gasteiger partial charge in [0.15, 0.2) is 9.84 Å². The molecule has 5 N–H and O–H groups in total. The molecule has 1 aromatic heterocycles. The van der Waals surface area contributed by atoms with Crippen LogP contribution in [0, 0.1) is 23.2 Å². The average Bonchev–Trinajstić information content (AvgIpc) is 3.81. The molecule has 5 atom stereocenters. The van der Waals surface area contributed by atoms with Gasteiger partial charge < -0.3 is 30.6 Å². The van der Waals surface area contributed by atoms with Crippen LogP contribution in [0.1, 0.15) is 97.2 Å². The maximum absolute atomic E-state index is 14.2. The number of carbonyl (C=O) groups excluding carboxylic acids is 3. The molecule has 0 bridgehead atoms. The molecule has 2 fully saturated rings. The summed E-state index contributed by atoms with van der Waals surface area (Å²) in [5.41, 5.74) is 0.498. The molecular formula is C38H58N4O8S. The largest absolute Gasteiger partial charge is 0.464 e. The zero-order valence-electron chi connectivity index (χ0n) is 30.8. The molecule has 2 aliphatic carbocycles. The minimum Gasteiger partial charge on any atom is -0.464 e. The van der Waals surface area contributed by atoms with Crippen LogP contribution < -0.4 is 10.6 Å². The summed E-state index contributed by atoms with van der Waals surface area (Å²) < 4.78 is 31.7. The topological polar surface area (TPSA) is 188 Å². The van der Waals surface area contributed by atoms with Gasteiger partial charge in [-0.1, -0.05) is 62.4 Å². The van der Waals surface area contributed by atoms with Crippen LogP contribution in [0.15, 0.2) is 42.9 Å². The van der Waals surface area contributed by atoms with Crippen LogP contribution in [-0.4, -0.2) is 87.8 Å². The zero-order valence-corrected chi connectivity index (χ0v) is 31.6. The molecule has 0 saturated heterocycles. The zero-order chi connectivity index (χ0) is 37.4. The van der Waals surface area contributed by atoms with Gasteiger partial charge in [0.2, 0.25) is 11.8 Å². The molecule has 2 aromatic rings. The van der Waals surface area contributed by atoms with E-state index in [-0.39, 0.29) is 31.3 Å². The Labute approximate surface area is 302 Å². The van der Waals surface area contributed by atoms with Gasteiger partial charge in [0.25, 0.3) is 0 Å². The standard InChI is InChI=1S/C38H58N4O8S/c1-37(2,3)36(47)50-23-38(4,5)51(48,49)22-28(18-25-12-8-6-9-13-25)34(45)42-31(20-29-21-39-24-40-29)35(46)41-30(19-26-14-10-7-11-15-26)33(44)32(43)27-16-17-27/h6,8-9,12-13,21,24,26-28,30-33,43-44H,7,10-11,14-20,22-23H2,1-5H3,(H,39,40)(H,41,46)(H,42,45)/t28-,30+,31+,32+,33-/m1/s1. The molecule has 13 heteroatoms. The molecule has 2 amide bonds. The summed E-state index contributed by atoms with van der Waals surface area (Å²) in [6.45, 7) is 7.60. The summed E-state index contributed by atoms with van der Waals surface area (Å²) in [7, 11) is -4.05. The Kier molecular flexibility index (Phi) is 13.9. The third-order valence-corrected chi connectivity index (χ3v) is 12.9. The predicted molar refractivity (Wildman–Crippen MR) is 194 cm³/mol. The number of amides is 2. The Hall–Kier alpha value is -3.29. The lowest BCUT2D eigenvalue weighted by molar-refractivity contribution is -0.153. The van der Waals surface area contributed by atoms with Gasteiger partial charge in [-0.15, -0.1) is 0 Å². The highest BCUT2D eigenvalue weighted by atomic mass is 32.2. The van der Waals surface area contributed by atoms with Crippen LogP contribution in [0.3, 0.4) is 0 Å². The molecule has 2 saturated carbocycles. The number of carbonyl (C=O) groups is 3. The number of rotatable bonds is 18. The first-order chi connectivity index (χ1) is 24.0. The van der Waals surface area contributed by atoms with E-state index in [0.717, 1.165) is 50.5 Å². The maximum atomic E-state index is 14.2. The van der Waals surface area contributed by atoms with Gasteiger partial charge >= 0.3 is 5.97 Å². The molecule has 12 nitrogen and oxygen atoms in total. The van der Waals surface area contributed by atoms with E-state index in [1.54, 1.807) is 51.2 Å². The Bertz CT molecular complexity index is 1530. The molecule has 284 valence electrons. The van der Waals surface area contributed by atoms with Crippen LogP contribution in [0.25, 0.3) is 0 Å². The van der Waals surface area contributed by atoms with E-state index in [4.69, 9.17) is 4.74 Å². The number of benzene rings is 1. The third kappa shape index (κ3) is 11.9. The van der Waals surface area contributed by atoms with Crippen molar-refractivity contribution in [3.8, 4) is 0 Å². The number of ether oxygens (including phenoxy) is 1. The Morgan fingerprint density at radius 2 is 1.61 bits per heavy atom. The van der Waals surface area contributed by atoms with Crippen LogP contribution >= 0.6 is 0 Å². The second kappa shape index (κ2) is 17.5. The van der Waals surface area contributed by atoms with Crippen molar-refractivity contribution >= 4 is 27.6 Å². The molecule has 0 spiro atoms. The highest BCUT2D eigenvalue weighted by Gasteiger charge is 2.42. The Morgan fingerprint density at radius 1 is 0.941 bits per heavy atom. The molecule has 0 radical (unpaired) electrons. The van der Waals surface area contributed by atoms with Crippen LogP contribution in [0.5, 0.6) is 0 Å². The van der Waals surface area contributed by atoms with Crippen molar-refractivity contribution in [3.05, 3.63) is 54.1 Å². The Morgan fingerprint density at radius 3 is 2.20 bits per heavy atom. The third-order valence-electron chi connectivity index (χ3n) is 10.2. The molecular weight excluding hydrogens is 673 g/mol. The first-order valence-corrected chi connectivity index (χ1v) is 20.0. The van der Waals surface area contributed by atoms with E-state index in [2.05, 4.69) is 20.6 Å². The number of hydrogen-bond acceptors (Lipinski definition) is 9. The lowest BCUT2D eigenvalue weighted by atomic mass is 9.82. The molecule has 51 heavy (non-hydrogen) atoms. The first-order valence-electron chi connectivity index (χ1n) is 18.3. The SMILES string of the molecule is CC(C)(C)C(=O)OCC(C)(C)S(=O)(=O)C[C@@H](Cc1ccccc1)C(=O)N[C@@H](Cc1cnc[nH]1)C(=O)N[C@@H](CC1CCCCC1)[C@@H](O)[C@@H](O)C1CC1. The number of H-pyrrole nitrogens is 1. The molecule has 0 aliphatic heterocycles.